The van der Waals surface area contributed by atoms with Crippen molar-refractivity contribution in [1.82, 2.24) is 4.90 Å². The maximum atomic E-state index is 6.11. The second kappa shape index (κ2) is 3.84. The molecule has 2 fully saturated rings. The fourth-order valence-corrected chi connectivity index (χ4v) is 2.63. The molecule has 1 aromatic carbocycles. The Balaban J connectivity index is 1.83. The molecule has 0 saturated carbocycles. The SMILES string of the molecule is CCC12OCCN1CC(c1ccccc1)O2. The molecule has 0 aromatic heterocycles. The quantitative estimate of drug-likeness (QED) is 0.760. The van der Waals surface area contributed by atoms with Crippen LogP contribution in [0.25, 0.3) is 0 Å². The van der Waals surface area contributed by atoms with Gasteiger partial charge in [-0.15, -0.1) is 0 Å². The third-order valence-corrected chi connectivity index (χ3v) is 3.50. The summed E-state index contributed by atoms with van der Waals surface area (Å²) < 4.78 is 11.9. The average Bonchev–Trinajstić information content (AvgIpc) is 2.86. The molecular weight excluding hydrogens is 202 g/mol. The van der Waals surface area contributed by atoms with Crippen LogP contribution in [0.2, 0.25) is 0 Å². The van der Waals surface area contributed by atoms with E-state index in [1.54, 1.807) is 0 Å². The van der Waals surface area contributed by atoms with Gasteiger partial charge in [0.25, 0.3) is 0 Å². The van der Waals surface area contributed by atoms with Gasteiger partial charge in [0.15, 0.2) is 0 Å². The van der Waals surface area contributed by atoms with Crippen LogP contribution in [-0.2, 0) is 9.47 Å². The van der Waals surface area contributed by atoms with Gasteiger partial charge in [0.1, 0.15) is 6.10 Å². The first kappa shape index (κ1) is 10.3. The molecule has 2 aliphatic rings. The van der Waals surface area contributed by atoms with E-state index in [0.29, 0.717) is 0 Å². The van der Waals surface area contributed by atoms with Gasteiger partial charge in [-0.2, -0.15) is 0 Å². The number of rotatable bonds is 2. The van der Waals surface area contributed by atoms with Crippen LogP contribution in [0.1, 0.15) is 25.0 Å². The van der Waals surface area contributed by atoms with Crippen LogP contribution < -0.4 is 0 Å². The van der Waals surface area contributed by atoms with Crippen molar-refractivity contribution in [2.24, 2.45) is 0 Å². The molecule has 3 heteroatoms. The van der Waals surface area contributed by atoms with E-state index < -0.39 is 5.91 Å². The van der Waals surface area contributed by atoms with Gasteiger partial charge < -0.3 is 9.47 Å². The predicted octanol–water partition coefficient (Wildman–Crippen LogP) is 2.15. The lowest BCUT2D eigenvalue weighted by Crippen LogP contribution is -2.39. The van der Waals surface area contributed by atoms with Gasteiger partial charge in [0.05, 0.1) is 6.61 Å². The summed E-state index contributed by atoms with van der Waals surface area (Å²) >= 11 is 0. The molecule has 0 bridgehead atoms. The van der Waals surface area contributed by atoms with Crippen molar-refractivity contribution in [2.75, 3.05) is 19.7 Å². The van der Waals surface area contributed by atoms with Gasteiger partial charge in [0, 0.05) is 19.5 Å². The largest absolute Gasteiger partial charge is 0.336 e. The van der Waals surface area contributed by atoms with E-state index in [9.17, 15) is 0 Å². The lowest BCUT2D eigenvalue weighted by atomic mass is 10.1. The monoisotopic (exact) mass is 219 g/mol. The summed E-state index contributed by atoms with van der Waals surface area (Å²) in [5.74, 6) is -0.444. The van der Waals surface area contributed by atoms with Crippen LogP contribution in [0.15, 0.2) is 30.3 Å². The van der Waals surface area contributed by atoms with E-state index in [-0.39, 0.29) is 6.10 Å². The molecule has 86 valence electrons. The Morgan fingerprint density at radius 3 is 2.88 bits per heavy atom. The smallest absolute Gasteiger partial charge is 0.230 e. The Labute approximate surface area is 96.0 Å². The van der Waals surface area contributed by atoms with Gasteiger partial charge in [-0.25, -0.2) is 4.90 Å². The first-order valence-corrected chi connectivity index (χ1v) is 5.96. The van der Waals surface area contributed by atoms with Crippen LogP contribution in [0.4, 0.5) is 0 Å². The fourth-order valence-electron chi connectivity index (χ4n) is 2.63. The summed E-state index contributed by atoms with van der Waals surface area (Å²) in [4.78, 5) is 2.31. The highest BCUT2D eigenvalue weighted by Crippen LogP contribution is 2.41. The highest BCUT2D eigenvalue weighted by Gasteiger charge is 2.50. The molecule has 0 amide bonds. The van der Waals surface area contributed by atoms with Crippen LogP contribution in [0, 0.1) is 0 Å². The maximum absolute atomic E-state index is 6.11. The van der Waals surface area contributed by atoms with E-state index in [1.807, 2.05) is 6.07 Å². The summed E-state index contributed by atoms with van der Waals surface area (Å²) in [7, 11) is 0. The van der Waals surface area contributed by atoms with Gasteiger partial charge in [-0.05, 0) is 5.56 Å². The second-order valence-electron chi connectivity index (χ2n) is 4.38. The summed E-state index contributed by atoms with van der Waals surface area (Å²) in [5, 5.41) is 0. The Bertz CT molecular complexity index is 367. The van der Waals surface area contributed by atoms with Crippen LogP contribution >= 0.6 is 0 Å². The molecule has 2 atom stereocenters. The van der Waals surface area contributed by atoms with E-state index in [2.05, 4.69) is 36.1 Å². The predicted molar refractivity (Wildman–Crippen MR) is 60.8 cm³/mol. The Morgan fingerprint density at radius 2 is 2.19 bits per heavy atom. The van der Waals surface area contributed by atoms with Crippen LogP contribution in [0.5, 0.6) is 0 Å². The zero-order valence-electron chi connectivity index (χ0n) is 9.56. The number of fused-ring (bicyclic) bond motifs is 1. The Morgan fingerprint density at radius 1 is 1.38 bits per heavy atom. The van der Waals surface area contributed by atoms with Crippen LogP contribution in [-0.4, -0.2) is 30.5 Å². The molecule has 2 heterocycles. The molecule has 2 aliphatic heterocycles. The maximum Gasteiger partial charge on any atom is 0.230 e. The van der Waals surface area contributed by atoms with Crippen molar-refractivity contribution < 1.29 is 9.47 Å². The van der Waals surface area contributed by atoms with E-state index in [0.717, 1.165) is 26.1 Å². The molecule has 3 nitrogen and oxygen atoms in total. The van der Waals surface area contributed by atoms with Crippen LogP contribution in [0.3, 0.4) is 0 Å². The van der Waals surface area contributed by atoms with Gasteiger partial charge in [0.2, 0.25) is 5.91 Å². The van der Waals surface area contributed by atoms with Crippen molar-refractivity contribution in [3.05, 3.63) is 35.9 Å². The zero-order valence-corrected chi connectivity index (χ0v) is 9.56. The van der Waals surface area contributed by atoms with Crippen molar-refractivity contribution in [3.63, 3.8) is 0 Å². The topological polar surface area (TPSA) is 21.7 Å². The highest BCUT2D eigenvalue weighted by atomic mass is 16.7. The third-order valence-electron chi connectivity index (χ3n) is 3.50. The van der Waals surface area contributed by atoms with Crippen molar-refractivity contribution in [3.8, 4) is 0 Å². The minimum atomic E-state index is -0.444. The van der Waals surface area contributed by atoms with Crippen molar-refractivity contribution >= 4 is 0 Å². The van der Waals surface area contributed by atoms with E-state index >= 15 is 0 Å². The first-order chi connectivity index (χ1) is 7.84. The second-order valence-corrected chi connectivity index (χ2v) is 4.38. The first-order valence-electron chi connectivity index (χ1n) is 5.96. The molecule has 1 aromatic rings. The summed E-state index contributed by atoms with van der Waals surface area (Å²) in [6, 6.07) is 10.4. The van der Waals surface area contributed by atoms with E-state index in [1.165, 1.54) is 5.56 Å². The molecule has 2 saturated heterocycles. The lowest BCUT2D eigenvalue weighted by molar-refractivity contribution is -0.247. The molecule has 0 radical (unpaired) electrons. The van der Waals surface area contributed by atoms with Gasteiger partial charge in [-0.3, -0.25) is 0 Å². The standard InChI is InChI=1S/C13H17NO2/c1-2-13-14(8-9-15-13)10-12(16-13)11-6-4-3-5-7-11/h3-7,12H,2,8-10H2,1H3. The molecular formula is C13H17NO2. The summed E-state index contributed by atoms with van der Waals surface area (Å²) in [5.41, 5.74) is 1.24. The fraction of sp³-hybridized carbons (Fsp3) is 0.538. The molecule has 3 rings (SSSR count). The summed E-state index contributed by atoms with van der Waals surface area (Å²) in [6.45, 7) is 4.83. The number of ether oxygens (including phenoxy) is 2. The third kappa shape index (κ3) is 1.47. The minimum Gasteiger partial charge on any atom is -0.336 e. The highest BCUT2D eigenvalue weighted by molar-refractivity contribution is 5.19. The Kier molecular flexibility index (Phi) is 2.46. The molecule has 0 spiro atoms. The number of nitrogens with zero attached hydrogens (tertiary/aromatic N) is 1. The van der Waals surface area contributed by atoms with Gasteiger partial charge >= 0.3 is 0 Å². The number of benzene rings is 1. The lowest BCUT2D eigenvalue weighted by Gasteiger charge is -2.27. The average molecular weight is 219 g/mol. The summed E-state index contributed by atoms with van der Waals surface area (Å²) in [6.07, 6.45) is 1.04. The van der Waals surface area contributed by atoms with Crippen molar-refractivity contribution in [2.45, 2.75) is 25.4 Å². The van der Waals surface area contributed by atoms with Gasteiger partial charge in [-0.1, -0.05) is 37.3 Å². The van der Waals surface area contributed by atoms with E-state index in [4.69, 9.17) is 9.47 Å². The molecule has 0 aliphatic carbocycles. The number of hydrogen-bond donors (Lipinski definition) is 0. The zero-order chi connectivity index (χ0) is 11.0. The minimum absolute atomic E-state index is 0.154. The Hall–Kier alpha value is -0.900. The molecule has 0 N–H and O–H groups in total. The molecule has 16 heavy (non-hydrogen) atoms. The number of hydrogen-bond acceptors (Lipinski definition) is 3. The van der Waals surface area contributed by atoms with Crippen molar-refractivity contribution in [1.29, 1.82) is 0 Å². The normalized spacial score (nSPS) is 34.2. The molecule has 2 unspecified atom stereocenters.